The van der Waals surface area contributed by atoms with Crippen molar-refractivity contribution in [2.45, 2.75) is 50.7 Å². The van der Waals surface area contributed by atoms with Crippen molar-refractivity contribution in [2.75, 3.05) is 20.1 Å². The van der Waals surface area contributed by atoms with Crippen LogP contribution in [0.25, 0.3) is 0 Å². The number of ether oxygens (including phenoxy) is 1. The van der Waals surface area contributed by atoms with Crippen LogP contribution in [0.5, 0.6) is 5.75 Å². The lowest BCUT2D eigenvalue weighted by Gasteiger charge is -2.39. The summed E-state index contributed by atoms with van der Waals surface area (Å²) in [5, 5.41) is 5.47. The Kier molecular flexibility index (Phi) is 6.39. The second kappa shape index (κ2) is 8.79. The monoisotopic (exact) mass is 414 g/mol. The molecule has 1 aromatic carbocycles. The summed E-state index contributed by atoms with van der Waals surface area (Å²) in [5.74, 6) is -0.305. The number of hydrogen-bond donors (Lipinski definition) is 2. The molecule has 1 aliphatic heterocycles. The highest BCUT2D eigenvalue weighted by Gasteiger charge is 2.39. The van der Waals surface area contributed by atoms with E-state index in [1.54, 1.807) is 11.9 Å². The first-order valence-electron chi connectivity index (χ1n) is 9.64. The average Bonchev–Trinajstić information content (AvgIpc) is 3.51. The number of nitrogens with zero attached hydrogens (tertiary/aromatic N) is 2. The van der Waals surface area contributed by atoms with E-state index in [0.717, 1.165) is 25.7 Å². The van der Waals surface area contributed by atoms with E-state index in [1.807, 2.05) is 4.90 Å². The molecule has 1 atom stereocenters. The van der Waals surface area contributed by atoms with E-state index in [2.05, 4.69) is 15.4 Å². The molecule has 0 bridgehead atoms. The lowest BCUT2D eigenvalue weighted by molar-refractivity contribution is -0.274. The third-order valence-electron chi connectivity index (χ3n) is 5.07. The van der Waals surface area contributed by atoms with E-state index < -0.39 is 6.36 Å². The van der Waals surface area contributed by atoms with Crippen LogP contribution in [0.3, 0.4) is 0 Å². The van der Waals surface area contributed by atoms with Gasteiger partial charge in [0.05, 0.1) is 6.04 Å². The lowest BCUT2D eigenvalue weighted by atomic mass is 10.0. The standard InChI is InChI=1S/C19H25F3N4O3/c1-23-17(27)26(14-6-7-14)15-3-2-10-25(12-15)18(28)24-11-13-4-8-16(9-5-13)29-19(20,21)22/h4-5,8-9,14-15H,2-3,6-7,10-12H2,1H3,(H,23,27)(H,24,28)/t15-/m1/s1. The Labute approximate surface area is 167 Å². The van der Waals surface area contributed by atoms with Gasteiger partial charge in [-0.15, -0.1) is 13.2 Å². The number of carbonyl (C=O) groups excluding carboxylic acids is 2. The van der Waals surface area contributed by atoms with E-state index in [9.17, 15) is 22.8 Å². The van der Waals surface area contributed by atoms with Crippen LogP contribution >= 0.6 is 0 Å². The van der Waals surface area contributed by atoms with Crippen LogP contribution in [0.2, 0.25) is 0 Å². The number of hydrogen-bond acceptors (Lipinski definition) is 3. The number of nitrogens with one attached hydrogen (secondary N) is 2. The minimum Gasteiger partial charge on any atom is -0.406 e. The molecule has 7 nitrogen and oxygen atoms in total. The first-order valence-corrected chi connectivity index (χ1v) is 9.64. The molecule has 1 aliphatic carbocycles. The molecule has 160 valence electrons. The van der Waals surface area contributed by atoms with Crippen molar-refractivity contribution in [3.05, 3.63) is 29.8 Å². The van der Waals surface area contributed by atoms with Crippen LogP contribution < -0.4 is 15.4 Å². The van der Waals surface area contributed by atoms with Crippen molar-refractivity contribution in [3.8, 4) is 5.75 Å². The summed E-state index contributed by atoms with van der Waals surface area (Å²) >= 11 is 0. The molecule has 0 unspecified atom stereocenters. The highest BCUT2D eigenvalue weighted by molar-refractivity contribution is 5.76. The number of piperidine rings is 1. The number of likely N-dealkylation sites (tertiary alicyclic amines) is 1. The fourth-order valence-corrected chi connectivity index (χ4v) is 3.58. The number of carbonyl (C=O) groups is 2. The number of halogens is 3. The van der Waals surface area contributed by atoms with Crippen molar-refractivity contribution in [2.24, 2.45) is 0 Å². The summed E-state index contributed by atoms with van der Waals surface area (Å²) < 4.78 is 40.4. The predicted octanol–water partition coefficient (Wildman–Crippen LogP) is 3.06. The third-order valence-corrected chi connectivity index (χ3v) is 5.07. The molecule has 1 aromatic rings. The summed E-state index contributed by atoms with van der Waals surface area (Å²) in [6, 6.07) is 5.24. The van der Waals surface area contributed by atoms with E-state index in [4.69, 9.17) is 0 Å². The summed E-state index contributed by atoms with van der Waals surface area (Å²) in [6.07, 6.45) is -1.09. The number of amides is 4. The average molecular weight is 414 g/mol. The van der Waals surface area contributed by atoms with Gasteiger partial charge in [-0.25, -0.2) is 9.59 Å². The molecule has 0 aromatic heterocycles. The number of benzene rings is 1. The molecular formula is C19H25F3N4O3. The van der Waals surface area contributed by atoms with Gasteiger partial charge in [0.2, 0.25) is 0 Å². The first-order chi connectivity index (χ1) is 13.8. The third kappa shape index (κ3) is 5.91. The highest BCUT2D eigenvalue weighted by Crippen LogP contribution is 2.31. The minimum absolute atomic E-state index is 0.0132. The van der Waals surface area contributed by atoms with Crippen molar-refractivity contribution >= 4 is 12.1 Å². The Bertz CT molecular complexity index is 722. The minimum atomic E-state index is -4.73. The van der Waals surface area contributed by atoms with Gasteiger partial charge in [-0.1, -0.05) is 12.1 Å². The summed E-state index contributed by atoms with van der Waals surface area (Å²) in [5.41, 5.74) is 0.659. The molecule has 0 radical (unpaired) electrons. The lowest BCUT2D eigenvalue weighted by Crippen LogP contribution is -2.55. The Morgan fingerprint density at radius 2 is 1.86 bits per heavy atom. The maximum Gasteiger partial charge on any atom is 0.573 e. The summed E-state index contributed by atoms with van der Waals surface area (Å²) in [4.78, 5) is 28.3. The van der Waals surface area contributed by atoms with E-state index >= 15 is 0 Å². The fourth-order valence-electron chi connectivity index (χ4n) is 3.58. The number of rotatable bonds is 5. The second-order valence-corrected chi connectivity index (χ2v) is 7.29. The second-order valence-electron chi connectivity index (χ2n) is 7.29. The van der Waals surface area contributed by atoms with Gasteiger partial charge < -0.3 is 25.2 Å². The zero-order valence-electron chi connectivity index (χ0n) is 16.2. The topological polar surface area (TPSA) is 73.9 Å². The van der Waals surface area contributed by atoms with Crippen LogP contribution in [-0.2, 0) is 6.54 Å². The maximum atomic E-state index is 12.5. The SMILES string of the molecule is CNC(=O)N(C1CC1)[C@@H]1CCCN(C(=O)NCc2ccc(OC(F)(F)F)cc2)C1. The molecule has 29 heavy (non-hydrogen) atoms. The van der Waals surface area contributed by atoms with Gasteiger partial charge in [0, 0.05) is 32.7 Å². The van der Waals surface area contributed by atoms with Crippen LogP contribution in [0.4, 0.5) is 22.8 Å². The van der Waals surface area contributed by atoms with Gasteiger partial charge in [0.15, 0.2) is 0 Å². The van der Waals surface area contributed by atoms with Crippen LogP contribution in [0.1, 0.15) is 31.2 Å². The van der Waals surface area contributed by atoms with Crippen molar-refractivity contribution in [1.29, 1.82) is 0 Å². The first kappa shape index (κ1) is 21.1. The Morgan fingerprint density at radius 1 is 1.17 bits per heavy atom. The normalized spacial score (nSPS) is 19.4. The molecule has 2 N–H and O–H groups in total. The van der Waals surface area contributed by atoms with Gasteiger partial charge >= 0.3 is 18.4 Å². The maximum absolute atomic E-state index is 12.5. The van der Waals surface area contributed by atoms with E-state index in [0.29, 0.717) is 18.7 Å². The zero-order valence-corrected chi connectivity index (χ0v) is 16.2. The highest BCUT2D eigenvalue weighted by atomic mass is 19.4. The fraction of sp³-hybridized carbons (Fsp3) is 0.579. The quantitative estimate of drug-likeness (QED) is 0.778. The molecule has 1 heterocycles. The van der Waals surface area contributed by atoms with Gasteiger partial charge in [0.1, 0.15) is 5.75 Å². The summed E-state index contributed by atoms with van der Waals surface area (Å²) in [7, 11) is 1.61. The van der Waals surface area contributed by atoms with Crippen LogP contribution in [0, 0.1) is 0 Å². The molecule has 4 amide bonds. The van der Waals surface area contributed by atoms with E-state index in [1.165, 1.54) is 24.3 Å². The van der Waals surface area contributed by atoms with Gasteiger partial charge in [0.25, 0.3) is 0 Å². The largest absolute Gasteiger partial charge is 0.573 e. The summed E-state index contributed by atoms with van der Waals surface area (Å²) in [6.45, 7) is 1.26. The molecule has 0 spiro atoms. The molecule has 3 rings (SSSR count). The molecule has 2 aliphatic rings. The number of urea groups is 2. The van der Waals surface area contributed by atoms with Gasteiger partial charge in [-0.3, -0.25) is 0 Å². The Hall–Kier alpha value is -2.65. The van der Waals surface area contributed by atoms with Crippen molar-refractivity contribution < 1.29 is 27.5 Å². The smallest absolute Gasteiger partial charge is 0.406 e. The van der Waals surface area contributed by atoms with Crippen LogP contribution in [0.15, 0.2) is 24.3 Å². The Balaban J connectivity index is 1.52. The predicted molar refractivity (Wildman–Crippen MR) is 99.3 cm³/mol. The molecule has 2 fully saturated rings. The van der Waals surface area contributed by atoms with Gasteiger partial charge in [-0.2, -0.15) is 0 Å². The molecule has 1 saturated heterocycles. The molecular weight excluding hydrogens is 389 g/mol. The van der Waals surface area contributed by atoms with Crippen molar-refractivity contribution in [3.63, 3.8) is 0 Å². The number of alkyl halides is 3. The van der Waals surface area contributed by atoms with Gasteiger partial charge in [-0.05, 0) is 43.4 Å². The van der Waals surface area contributed by atoms with Crippen LogP contribution in [-0.4, -0.2) is 60.4 Å². The zero-order chi connectivity index (χ0) is 21.0. The van der Waals surface area contributed by atoms with Crippen molar-refractivity contribution in [1.82, 2.24) is 20.4 Å². The Morgan fingerprint density at radius 3 is 2.45 bits per heavy atom. The molecule has 10 heteroatoms. The van der Waals surface area contributed by atoms with E-state index in [-0.39, 0.29) is 36.4 Å². The molecule has 1 saturated carbocycles.